The Morgan fingerprint density at radius 1 is 1.09 bits per heavy atom. The Hall–Kier alpha value is -2.97. The van der Waals surface area contributed by atoms with Gasteiger partial charge in [-0.2, -0.15) is 0 Å². The molecule has 164 valence electrons. The lowest BCUT2D eigenvalue weighted by atomic mass is 9.65. The van der Waals surface area contributed by atoms with Crippen molar-refractivity contribution >= 4 is 58.0 Å². The van der Waals surface area contributed by atoms with Gasteiger partial charge in [0.2, 0.25) is 5.91 Å². The molecule has 2 amide bonds. The second-order valence-corrected chi connectivity index (χ2v) is 9.01. The van der Waals surface area contributed by atoms with Gasteiger partial charge >= 0.3 is 5.97 Å². The molecule has 1 saturated heterocycles. The van der Waals surface area contributed by atoms with Crippen molar-refractivity contribution in [3.63, 3.8) is 0 Å². The first-order valence-electron chi connectivity index (χ1n) is 10.2. The molecule has 32 heavy (non-hydrogen) atoms. The SMILES string of the molecule is CCOC(=O)[C@H]1[C@]2(C(=O)N(C)c3ccc(Cl)cc32)C(=S)N[C@]12C(=O)N(C)c1ccccc12. The van der Waals surface area contributed by atoms with Crippen molar-refractivity contribution in [3.05, 3.63) is 58.6 Å². The first-order chi connectivity index (χ1) is 15.2. The lowest BCUT2D eigenvalue weighted by Crippen LogP contribution is -2.56. The fourth-order valence-electron chi connectivity index (χ4n) is 5.48. The van der Waals surface area contributed by atoms with Gasteiger partial charge in [0.05, 0.1) is 11.6 Å². The van der Waals surface area contributed by atoms with Gasteiger partial charge in [-0.1, -0.05) is 42.0 Å². The van der Waals surface area contributed by atoms with Crippen LogP contribution in [0.5, 0.6) is 0 Å². The van der Waals surface area contributed by atoms with Gasteiger partial charge in [-0.15, -0.1) is 0 Å². The third-order valence-corrected chi connectivity index (χ3v) is 7.44. The van der Waals surface area contributed by atoms with Crippen molar-refractivity contribution < 1.29 is 19.1 Å². The molecule has 7 nitrogen and oxygen atoms in total. The van der Waals surface area contributed by atoms with Crippen molar-refractivity contribution in [1.29, 1.82) is 0 Å². The third kappa shape index (κ3) is 2.21. The average molecular weight is 470 g/mol. The summed E-state index contributed by atoms with van der Waals surface area (Å²) in [5, 5.41) is 3.54. The molecule has 3 atom stereocenters. The number of nitrogens with zero attached hydrogens (tertiary/aromatic N) is 2. The molecule has 5 rings (SSSR count). The van der Waals surface area contributed by atoms with Crippen LogP contribution in [-0.2, 0) is 30.1 Å². The molecule has 1 fully saturated rings. The number of thiocarbonyl (C=S) groups is 1. The second-order valence-electron chi connectivity index (χ2n) is 8.16. The number of rotatable bonds is 2. The Balaban J connectivity index is 1.87. The molecular formula is C23H20ClN3O4S. The second kappa shape index (κ2) is 6.76. The minimum Gasteiger partial charge on any atom is -0.466 e. The zero-order valence-corrected chi connectivity index (χ0v) is 19.2. The number of benzene rings is 2. The number of carbonyl (C=O) groups excluding carboxylic acids is 3. The number of anilines is 2. The number of halogens is 1. The first-order valence-corrected chi connectivity index (χ1v) is 11.0. The van der Waals surface area contributed by atoms with Gasteiger partial charge in [0.25, 0.3) is 5.91 Å². The fraction of sp³-hybridized carbons (Fsp3) is 0.304. The maximum absolute atomic E-state index is 13.9. The van der Waals surface area contributed by atoms with Crippen LogP contribution >= 0.6 is 23.8 Å². The minimum absolute atomic E-state index is 0.0896. The summed E-state index contributed by atoms with van der Waals surface area (Å²) in [6.45, 7) is 1.77. The Morgan fingerprint density at radius 2 is 1.75 bits per heavy atom. The van der Waals surface area contributed by atoms with Crippen molar-refractivity contribution in [2.45, 2.75) is 17.9 Å². The molecule has 3 heterocycles. The first kappa shape index (κ1) is 20.9. The van der Waals surface area contributed by atoms with Crippen LogP contribution in [0.3, 0.4) is 0 Å². The van der Waals surface area contributed by atoms with E-state index in [1.165, 1.54) is 9.80 Å². The van der Waals surface area contributed by atoms with Gasteiger partial charge in [0.15, 0.2) is 5.54 Å². The van der Waals surface area contributed by atoms with Crippen LogP contribution in [0.2, 0.25) is 5.02 Å². The van der Waals surface area contributed by atoms with Crippen molar-refractivity contribution in [2.24, 2.45) is 5.92 Å². The molecule has 0 radical (unpaired) electrons. The fourth-order valence-corrected chi connectivity index (χ4v) is 6.13. The maximum atomic E-state index is 13.9. The summed E-state index contributed by atoms with van der Waals surface area (Å²) < 4.78 is 5.46. The molecule has 3 aliphatic heterocycles. The van der Waals surface area contributed by atoms with Gasteiger partial charge in [0.1, 0.15) is 11.3 Å². The molecule has 2 spiro atoms. The predicted octanol–water partition coefficient (Wildman–Crippen LogP) is 2.54. The van der Waals surface area contributed by atoms with Gasteiger partial charge in [-0.05, 0) is 31.2 Å². The normalized spacial score (nSPS) is 27.9. The molecule has 0 aromatic heterocycles. The smallest absolute Gasteiger partial charge is 0.314 e. The van der Waals surface area contributed by atoms with Crippen LogP contribution in [0.15, 0.2) is 42.5 Å². The molecule has 1 N–H and O–H groups in total. The molecule has 0 unspecified atom stereocenters. The number of carbonyl (C=O) groups is 3. The summed E-state index contributed by atoms with van der Waals surface area (Å²) in [5.74, 6) is -2.70. The average Bonchev–Trinajstić information content (AvgIpc) is 3.26. The number of fused-ring (bicyclic) bond motifs is 4. The number of hydrogen-bond donors (Lipinski definition) is 1. The highest BCUT2D eigenvalue weighted by Crippen LogP contribution is 2.60. The van der Waals surface area contributed by atoms with E-state index in [0.717, 1.165) is 0 Å². The van der Waals surface area contributed by atoms with E-state index in [9.17, 15) is 14.4 Å². The van der Waals surface area contributed by atoms with E-state index in [1.54, 1.807) is 57.4 Å². The summed E-state index contributed by atoms with van der Waals surface area (Å²) in [6.07, 6.45) is 0. The number of para-hydroxylation sites is 1. The molecule has 0 saturated carbocycles. The summed E-state index contributed by atoms with van der Waals surface area (Å²) >= 11 is 12.1. The quantitative estimate of drug-likeness (QED) is 0.538. The zero-order chi connectivity index (χ0) is 23.0. The van der Waals surface area contributed by atoms with Crippen LogP contribution in [0, 0.1) is 5.92 Å². The highest BCUT2D eigenvalue weighted by atomic mass is 35.5. The van der Waals surface area contributed by atoms with Crippen LogP contribution in [0.4, 0.5) is 11.4 Å². The van der Waals surface area contributed by atoms with E-state index >= 15 is 0 Å². The number of amides is 2. The van der Waals surface area contributed by atoms with Gasteiger partial charge in [0, 0.05) is 41.6 Å². The summed E-state index contributed by atoms with van der Waals surface area (Å²) in [4.78, 5) is 44.4. The third-order valence-electron chi connectivity index (χ3n) is 6.78. The minimum atomic E-state index is -1.62. The Morgan fingerprint density at radius 3 is 2.47 bits per heavy atom. The Labute approximate surface area is 195 Å². The molecule has 0 aliphatic carbocycles. The van der Waals surface area contributed by atoms with Crippen molar-refractivity contribution in [3.8, 4) is 0 Å². The maximum Gasteiger partial charge on any atom is 0.314 e. The molecule has 2 aromatic rings. The highest BCUT2D eigenvalue weighted by Gasteiger charge is 2.76. The van der Waals surface area contributed by atoms with Gasteiger partial charge in [-0.25, -0.2) is 0 Å². The number of esters is 1. The number of hydrogen-bond acceptors (Lipinski definition) is 5. The van der Waals surface area contributed by atoms with Gasteiger partial charge < -0.3 is 19.9 Å². The van der Waals surface area contributed by atoms with E-state index in [2.05, 4.69) is 5.32 Å². The van der Waals surface area contributed by atoms with Crippen molar-refractivity contribution in [2.75, 3.05) is 30.5 Å². The molecule has 0 bridgehead atoms. The number of ether oxygens (including phenoxy) is 1. The topological polar surface area (TPSA) is 79.0 Å². The van der Waals surface area contributed by atoms with Crippen LogP contribution in [0.25, 0.3) is 0 Å². The Bertz CT molecular complexity index is 1230. The van der Waals surface area contributed by atoms with E-state index in [-0.39, 0.29) is 17.5 Å². The summed E-state index contributed by atoms with van der Waals surface area (Å²) in [5.41, 5.74) is -0.897. The zero-order valence-electron chi connectivity index (χ0n) is 17.6. The van der Waals surface area contributed by atoms with E-state index in [4.69, 9.17) is 28.6 Å². The lowest BCUT2D eigenvalue weighted by molar-refractivity contribution is -0.156. The van der Waals surface area contributed by atoms with E-state index < -0.39 is 28.7 Å². The standard InChI is InChI=1S/C23H20ClN3O4S/c1-4-31-18(28)17-22(14-11-12(24)9-10-16(14)26(2)20(22)29)19(32)25-23(17)13-7-5-6-8-15(13)27(3)21(23)30/h5-11,17H,4H2,1-3H3,(H,25,32)/t17-,22-,23-/m0/s1. The largest absolute Gasteiger partial charge is 0.466 e. The molecule has 3 aliphatic rings. The van der Waals surface area contributed by atoms with Crippen LogP contribution in [-0.4, -0.2) is 43.5 Å². The van der Waals surface area contributed by atoms with E-state index in [0.29, 0.717) is 27.5 Å². The predicted molar refractivity (Wildman–Crippen MR) is 124 cm³/mol. The summed E-state index contributed by atoms with van der Waals surface area (Å²) in [6, 6.07) is 12.2. The number of nitrogens with one attached hydrogen (secondary N) is 1. The molecule has 9 heteroatoms. The highest BCUT2D eigenvalue weighted by molar-refractivity contribution is 7.80. The monoisotopic (exact) mass is 469 g/mol. The summed E-state index contributed by atoms with van der Waals surface area (Å²) in [7, 11) is 3.26. The van der Waals surface area contributed by atoms with Crippen LogP contribution in [0.1, 0.15) is 18.1 Å². The number of likely N-dealkylation sites (N-methyl/N-ethyl adjacent to an activating group) is 2. The van der Waals surface area contributed by atoms with Crippen LogP contribution < -0.4 is 15.1 Å². The van der Waals surface area contributed by atoms with E-state index in [1.807, 2.05) is 6.07 Å². The van der Waals surface area contributed by atoms with Gasteiger partial charge in [-0.3, -0.25) is 14.4 Å². The Kier molecular flexibility index (Phi) is 4.42. The van der Waals surface area contributed by atoms with Crippen molar-refractivity contribution in [1.82, 2.24) is 5.32 Å². The molecule has 2 aromatic carbocycles. The molecular weight excluding hydrogens is 450 g/mol. The lowest BCUT2D eigenvalue weighted by Gasteiger charge is -2.33.